The maximum Gasteiger partial charge on any atom is 0.325 e. The van der Waals surface area contributed by atoms with Crippen LogP contribution in [0, 0.1) is 5.41 Å². The molecular weight excluding hydrogens is 238 g/mol. The predicted octanol–water partition coefficient (Wildman–Crippen LogP) is 0.0594. The molecule has 0 radical (unpaired) electrons. The number of ether oxygens (including phenoxy) is 3. The minimum absolute atomic E-state index is 0.294. The van der Waals surface area contributed by atoms with E-state index in [4.69, 9.17) is 14.2 Å². The molecule has 6 nitrogen and oxygen atoms in total. The Hall–Kier alpha value is -1.14. The van der Waals surface area contributed by atoms with Crippen molar-refractivity contribution >= 4 is 11.9 Å². The molecule has 0 amide bonds. The number of hydrogen-bond acceptors (Lipinski definition) is 6. The Morgan fingerprint density at radius 1 is 1.33 bits per heavy atom. The molecule has 1 aliphatic rings. The van der Waals surface area contributed by atoms with E-state index in [1.54, 1.807) is 13.8 Å². The van der Waals surface area contributed by atoms with Gasteiger partial charge in [-0.3, -0.25) is 14.5 Å². The third kappa shape index (κ3) is 3.43. The van der Waals surface area contributed by atoms with Crippen molar-refractivity contribution in [1.29, 1.82) is 0 Å². The van der Waals surface area contributed by atoms with E-state index < -0.39 is 11.5 Å². The van der Waals surface area contributed by atoms with Crippen molar-refractivity contribution in [3.63, 3.8) is 0 Å². The predicted molar refractivity (Wildman–Crippen MR) is 64.0 cm³/mol. The molecule has 1 unspecified atom stereocenters. The van der Waals surface area contributed by atoms with Gasteiger partial charge < -0.3 is 14.2 Å². The van der Waals surface area contributed by atoms with E-state index in [2.05, 4.69) is 0 Å². The number of carbonyl (C=O) groups excluding carboxylic acids is 2. The second kappa shape index (κ2) is 6.15. The number of rotatable bonds is 4. The molecule has 1 rings (SSSR count). The lowest BCUT2D eigenvalue weighted by atomic mass is 9.92. The SMILES string of the molecule is COC(=O)C1COCCN1CC(C)(C)C(=O)OC. The summed E-state index contributed by atoms with van der Waals surface area (Å²) >= 11 is 0. The maximum atomic E-state index is 11.7. The van der Waals surface area contributed by atoms with Gasteiger partial charge in [-0.1, -0.05) is 0 Å². The largest absolute Gasteiger partial charge is 0.469 e. The van der Waals surface area contributed by atoms with Gasteiger partial charge in [0.1, 0.15) is 6.04 Å². The van der Waals surface area contributed by atoms with E-state index >= 15 is 0 Å². The minimum atomic E-state index is -0.668. The van der Waals surface area contributed by atoms with Crippen molar-refractivity contribution in [2.75, 3.05) is 40.5 Å². The van der Waals surface area contributed by atoms with Crippen LogP contribution in [0.3, 0.4) is 0 Å². The van der Waals surface area contributed by atoms with Crippen molar-refractivity contribution in [2.24, 2.45) is 5.41 Å². The van der Waals surface area contributed by atoms with E-state index in [0.29, 0.717) is 26.3 Å². The number of carbonyl (C=O) groups is 2. The van der Waals surface area contributed by atoms with E-state index in [1.807, 2.05) is 4.90 Å². The van der Waals surface area contributed by atoms with Gasteiger partial charge in [-0.05, 0) is 13.8 Å². The van der Waals surface area contributed by atoms with Crippen molar-refractivity contribution in [1.82, 2.24) is 4.90 Å². The van der Waals surface area contributed by atoms with E-state index in [0.717, 1.165) is 0 Å². The van der Waals surface area contributed by atoms with Crippen molar-refractivity contribution in [3.8, 4) is 0 Å². The molecule has 1 fully saturated rings. The molecule has 1 heterocycles. The molecule has 0 N–H and O–H groups in total. The molecule has 0 aromatic carbocycles. The minimum Gasteiger partial charge on any atom is -0.469 e. The molecule has 0 saturated carbocycles. The van der Waals surface area contributed by atoms with E-state index in [-0.39, 0.29) is 11.9 Å². The first-order valence-corrected chi connectivity index (χ1v) is 5.90. The van der Waals surface area contributed by atoms with Crippen LogP contribution in [0.15, 0.2) is 0 Å². The Balaban J connectivity index is 2.73. The summed E-state index contributed by atoms with van der Waals surface area (Å²) in [5.74, 6) is -0.632. The second-order valence-corrected chi connectivity index (χ2v) is 4.96. The highest BCUT2D eigenvalue weighted by Crippen LogP contribution is 2.22. The quantitative estimate of drug-likeness (QED) is 0.665. The van der Waals surface area contributed by atoms with Gasteiger partial charge in [0.25, 0.3) is 0 Å². The highest BCUT2D eigenvalue weighted by atomic mass is 16.5. The highest BCUT2D eigenvalue weighted by molar-refractivity contribution is 5.77. The van der Waals surface area contributed by atoms with E-state index in [1.165, 1.54) is 14.2 Å². The maximum absolute atomic E-state index is 11.7. The van der Waals surface area contributed by atoms with Crippen LogP contribution < -0.4 is 0 Å². The molecule has 18 heavy (non-hydrogen) atoms. The summed E-state index contributed by atoms with van der Waals surface area (Å²) in [4.78, 5) is 25.2. The zero-order chi connectivity index (χ0) is 13.8. The van der Waals surface area contributed by atoms with Gasteiger partial charge in [-0.2, -0.15) is 0 Å². The Bertz CT molecular complexity index is 316. The molecule has 0 spiro atoms. The van der Waals surface area contributed by atoms with Crippen LogP contribution in [0.1, 0.15) is 13.8 Å². The van der Waals surface area contributed by atoms with Crippen LogP contribution in [-0.2, 0) is 23.8 Å². The highest BCUT2D eigenvalue weighted by Gasteiger charge is 2.37. The summed E-state index contributed by atoms with van der Waals surface area (Å²) in [6.45, 7) is 5.46. The van der Waals surface area contributed by atoms with Gasteiger partial charge in [-0.15, -0.1) is 0 Å². The van der Waals surface area contributed by atoms with Gasteiger partial charge in [0.05, 0.1) is 32.8 Å². The van der Waals surface area contributed by atoms with Crippen LogP contribution in [0.5, 0.6) is 0 Å². The average Bonchev–Trinajstić information content (AvgIpc) is 2.37. The first-order chi connectivity index (χ1) is 8.42. The van der Waals surface area contributed by atoms with Crippen molar-refractivity contribution in [2.45, 2.75) is 19.9 Å². The van der Waals surface area contributed by atoms with E-state index in [9.17, 15) is 9.59 Å². The zero-order valence-corrected chi connectivity index (χ0v) is 11.4. The van der Waals surface area contributed by atoms with Crippen LogP contribution in [0.4, 0.5) is 0 Å². The average molecular weight is 259 g/mol. The van der Waals surface area contributed by atoms with Gasteiger partial charge in [-0.25, -0.2) is 0 Å². The summed E-state index contributed by atoms with van der Waals surface area (Å²) in [7, 11) is 2.71. The standard InChI is InChI=1S/C12H21NO5/c1-12(2,11(15)17-4)8-13-5-6-18-7-9(13)10(14)16-3/h9H,5-8H2,1-4H3. The summed E-state index contributed by atoms with van der Waals surface area (Å²) in [5, 5.41) is 0. The molecule has 1 saturated heterocycles. The number of hydrogen-bond donors (Lipinski definition) is 0. The Morgan fingerprint density at radius 3 is 2.56 bits per heavy atom. The van der Waals surface area contributed by atoms with Crippen LogP contribution in [-0.4, -0.2) is 63.4 Å². The molecule has 0 aliphatic carbocycles. The van der Waals surface area contributed by atoms with Gasteiger partial charge in [0.2, 0.25) is 0 Å². The summed E-state index contributed by atoms with van der Waals surface area (Å²) in [6, 6.07) is -0.451. The number of esters is 2. The lowest BCUT2D eigenvalue weighted by Gasteiger charge is -2.37. The molecule has 1 aliphatic heterocycles. The summed E-state index contributed by atoms with van der Waals surface area (Å²) in [5.41, 5.74) is -0.668. The zero-order valence-electron chi connectivity index (χ0n) is 11.4. The summed E-state index contributed by atoms with van der Waals surface area (Å²) < 4.78 is 14.8. The van der Waals surface area contributed by atoms with Gasteiger partial charge in [0.15, 0.2) is 0 Å². The third-order valence-corrected chi connectivity index (χ3v) is 3.05. The monoisotopic (exact) mass is 259 g/mol. The smallest absolute Gasteiger partial charge is 0.325 e. The summed E-state index contributed by atoms with van der Waals surface area (Å²) in [6.07, 6.45) is 0. The molecular formula is C12H21NO5. The molecule has 0 aromatic heterocycles. The van der Waals surface area contributed by atoms with Gasteiger partial charge >= 0.3 is 11.9 Å². The lowest BCUT2D eigenvalue weighted by molar-refractivity contribution is -0.160. The number of methoxy groups -OCH3 is 2. The lowest BCUT2D eigenvalue weighted by Crippen LogP contribution is -2.54. The molecule has 0 bridgehead atoms. The topological polar surface area (TPSA) is 65.1 Å². The van der Waals surface area contributed by atoms with Crippen LogP contribution in [0.2, 0.25) is 0 Å². The Kier molecular flexibility index (Phi) is 5.10. The van der Waals surface area contributed by atoms with Crippen molar-refractivity contribution < 1.29 is 23.8 Å². The number of morpholine rings is 1. The molecule has 1 atom stereocenters. The first kappa shape index (κ1) is 14.9. The third-order valence-electron chi connectivity index (χ3n) is 3.05. The second-order valence-electron chi connectivity index (χ2n) is 4.96. The molecule has 6 heteroatoms. The van der Waals surface area contributed by atoms with Crippen LogP contribution >= 0.6 is 0 Å². The fraction of sp³-hybridized carbons (Fsp3) is 0.833. The number of nitrogens with zero attached hydrogens (tertiary/aromatic N) is 1. The normalized spacial score (nSPS) is 21.4. The molecule has 0 aromatic rings. The fourth-order valence-electron chi connectivity index (χ4n) is 2.03. The van der Waals surface area contributed by atoms with Crippen molar-refractivity contribution in [3.05, 3.63) is 0 Å². The Morgan fingerprint density at radius 2 is 2.00 bits per heavy atom. The first-order valence-electron chi connectivity index (χ1n) is 5.90. The Labute approximate surface area is 107 Å². The molecule has 104 valence electrons. The van der Waals surface area contributed by atoms with Crippen LogP contribution in [0.25, 0.3) is 0 Å². The fourth-order valence-corrected chi connectivity index (χ4v) is 2.03. The van der Waals surface area contributed by atoms with Gasteiger partial charge in [0, 0.05) is 13.1 Å².